The molecule has 124 valence electrons. The van der Waals surface area contributed by atoms with Crippen LogP contribution < -0.4 is 11.1 Å². The number of guanidine groups is 1. The van der Waals surface area contributed by atoms with Crippen molar-refractivity contribution in [2.75, 3.05) is 12.4 Å². The van der Waals surface area contributed by atoms with E-state index in [0.717, 1.165) is 0 Å². The molecule has 3 N–H and O–H groups in total. The van der Waals surface area contributed by atoms with E-state index in [2.05, 4.69) is 10.3 Å². The number of Topliss-reactive ketones (excluding diaryl/α,β-unsaturated/α-hetero) is 2. The van der Waals surface area contributed by atoms with Gasteiger partial charge in [-0.15, -0.1) is 24.0 Å². The van der Waals surface area contributed by atoms with E-state index in [4.69, 9.17) is 5.73 Å². The van der Waals surface area contributed by atoms with Crippen molar-refractivity contribution in [3.63, 3.8) is 0 Å². The van der Waals surface area contributed by atoms with Crippen LogP contribution in [0.1, 0.15) is 41.5 Å². The minimum atomic E-state index is -0.0973. The first kappa shape index (κ1) is 19.1. The molecule has 7 heteroatoms. The van der Waals surface area contributed by atoms with Crippen LogP contribution in [0.5, 0.6) is 0 Å². The van der Waals surface area contributed by atoms with Crippen molar-refractivity contribution in [3.05, 3.63) is 41.2 Å². The second-order valence-electron chi connectivity index (χ2n) is 5.41. The van der Waals surface area contributed by atoms with Crippen LogP contribution in [0.25, 0.3) is 0 Å². The zero-order valence-corrected chi connectivity index (χ0v) is 15.9. The third-order valence-electron chi connectivity index (χ3n) is 3.62. The van der Waals surface area contributed by atoms with Crippen molar-refractivity contribution in [2.24, 2.45) is 10.7 Å². The fraction of sp³-hybridized carbons (Fsp3) is 0.312. The molecule has 0 bridgehead atoms. The summed E-state index contributed by atoms with van der Waals surface area (Å²) in [5.41, 5.74) is 7.45. The Bertz CT molecular complexity index is 665. The zero-order chi connectivity index (χ0) is 16.4. The Morgan fingerprint density at radius 2 is 1.70 bits per heavy atom. The molecule has 1 aromatic rings. The number of nitrogens with two attached hydrogens (primary N) is 1. The van der Waals surface area contributed by atoms with E-state index in [1.807, 2.05) is 24.9 Å². The van der Waals surface area contributed by atoms with Gasteiger partial charge in [-0.25, -0.2) is 0 Å². The monoisotopic (exact) mass is 428 g/mol. The molecule has 1 aliphatic rings. The largest absolute Gasteiger partial charge is 0.369 e. The van der Waals surface area contributed by atoms with Crippen LogP contribution in [-0.4, -0.2) is 35.5 Å². The van der Waals surface area contributed by atoms with Gasteiger partial charge < -0.3 is 16.0 Å². The summed E-state index contributed by atoms with van der Waals surface area (Å²) in [7, 11) is 1.86. The van der Waals surface area contributed by atoms with Gasteiger partial charge in [0.1, 0.15) is 5.82 Å². The highest BCUT2D eigenvalue weighted by Gasteiger charge is 2.16. The summed E-state index contributed by atoms with van der Waals surface area (Å²) in [6, 6.07) is 5.09. The highest BCUT2D eigenvalue weighted by Crippen LogP contribution is 2.20. The maximum atomic E-state index is 11.6. The summed E-state index contributed by atoms with van der Waals surface area (Å²) in [5.74, 6) is 0.810. The molecule has 0 saturated carbocycles. The van der Waals surface area contributed by atoms with Crippen LogP contribution in [-0.2, 0) is 0 Å². The lowest BCUT2D eigenvalue weighted by atomic mass is 10.0. The summed E-state index contributed by atoms with van der Waals surface area (Å²) in [6.07, 6.45) is 1.92. The van der Waals surface area contributed by atoms with E-state index in [9.17, 15) is 9.59 Å². The lowest BCUT2D eigenvalue weighted by molar-refractivity contribution is 0.101. The van der Waals surface area contributed by atoms with Gasteiger partial charge in [-0.05, 0) is 45.0 Å². The fourth-order valence-electron chi connectivity index (χ4n) is 2.11. The molecule has 1 unspecified atom stereocenters. The molecule has 1 heterocycles. The summed E-state index contributed by atoms with van der Waals surface area (Å²) in [6.45, 7) is 4.93. The number of likely N-dealkylation sites (N-methyl/N-ethyl adjacent to an activating group) is 1. The fourth-order valence-corrected chi connectivity index (χ4v) is 2.11. The molecule has 1 aliphatic heterocycles. The molecule has 0 saturated heterocycles. The van der Waals surface area contributed by atoms with Crippen molar-refractivity contribution in [2.45, 2.75) is 26.8 Å². The summed E-state index contributed by atoms with van der Waals surface area (Å²) in [5, 5.41) is 3.12. The van der Waals surface area contributed by atoms with E-state index in [1.165, 1.54) is 13.8 Å². The first-order valence-corrected chi connectivity index (χ1v) is 7.00. The molecule has 0 radical (unpaired) electrons. The first-order chi connectivity index (χ1) is 10.3. The van der Waals surface area contributed by atoms with Crippen molar-refractivity contribution < 1.29 is 9.59 Å². The van der Waals surface area contributed by atoms with Crippen molar-refractivity contribution in [3.8, 4) is 0 Å². The highest BCUT2D eigenvalue weighted by atomic mass is 127. The Morgan fingerprint density at radius 3 is 2.13 bits per heavy atom. The molecule has 2 rings (SSSR count). The summed E-state index contributed by atoms with van der Waals surface area (Å²) < 4.78 is 0. The van der Waals surface area contributed by atoms with Crippen molar-refractivity contribution in [1.29, 1.82) is 0 Å². The first-order valence-electron chi connectivity index (χ1n) is 7.00. The number of carbonyl (C=O) groups excluding carboxylic acids is 2. The molecular formula is C16H21IN4O2. The maximum Gasteiger partial charge on any atom is 0.198 e. The van der Waals surface area contributed by atoms with Crippen LogP contribution >= 0.6 is 24.0 Å². The van der Waals surface area contributed by atoms with Gasteiger partial charge in [0.2, 0.25) is 0 Å². The standard InChI is InChI=1S/C16H20N4O2.HI/c1-9-5-15(19-16(17)20(9)4)18-14-7-12(10(2)21)6-13(8-14)11(3)22;/h5-9,18H,1-4H3,(H2,17,19);1H. The highest BCUT2D eigenvalue weighted by molar-refractivity contribution is 14.0. The topological polar surface area (TPSA) is 87.8 Å². The van der Waals surface area contributed by atoms with Gasteiger partial charge >= 0.3 is 0 Å². The average molecular weight is 428 g/mol. The Kier molecular flexibility index (Phi) is 6.31. The normalized spacial score (nSPS) is 16.9. The number of carbonyl (C=O) groups is 2. The number of hydrogen-bond acceptors (Lipinski definition) is 6. The lowest BCUT2D eigenvalue weighted by Gasteiger charge is -2.28. The van der Waals surface area contributed by atoms with E-state index >= 15 is 0 Å². The molecule has 0 amide bonds. The SMILES string of the molecule is CC(=O)c1cc(NC2=CC(C)N(C)C(N)=N2)cc(C(C)=O)c1.I. The molecule has 1 aromatic carbocycles. The molecule has 0 aromatic heterocycles. The smallest absolute Gasteiger partial charge is 0.198 e. The number of nitrogens with one attached hydrogen (secondary N) is 1. The number of anilines is 1. The van der Waals surface area contributed by atoms with E-state index in [-0.39, 0.29) is 41.6 Å². The van der Waals surface area contributed by atoms with Gasteiger partial charge in [-0.2, -0.15) is 4.99 Å². The van der Waals surface area contributed by atoms with Crippen LogP contribution in [0.2, 0.25) is 0 Å². The minimum absolute atomic E-state index is 0. The van der Waals surface area contributed by atoms with Gasteiger partial charge in [-0.3, -0.25) is 9.59 Å². The number of rotatable bonds is 4. The maximum absolute atomic E-state index is 11.6. The predicted octanol–water partition coefficient (Wildman–Crippen LogP) is 2.61. The third-order valence-corrected chi connectivity index (χ3v) is 3.62. The second-order valence-corrected chi connectivity index (χ2v) is 5.41. The number of halogens is 1. The Balaban J connectivity index is 0.00000264. The van der Waals surface area contributed by atoms with Gasteiger partial charge in [0, 0.05) is 23.9 Å². The van der Waals surface area contributed by atoms with Gasteiger partial charge in [0.05, 0.1) is 6.04 Å². The Morgan fingerprint density at radius 1 is 1.17 bits per heavy atom. The molecule has 0 fully saturated rings. The number of benzene rings is 1. The molecule has 0 spiro atoms. The number of aliphatic imine (C=N–C) groups is 1. The third kappa shape index (κ3) is 4.54. The van der Waals surface area contributed by atoms with Crippen LogP contribution in [0.15, 0.2) is 35.1 Å². The number of nitrogens with zero attached hydrogens (tertiary/aromatic N) is 2. The second kappa shape index (κ2) is 7.58. The summed E-state index contributed by atoms with van der Waals surface area (Å²) in [4.78, 5) is 29.3. The number of ketones is 2. The quantitative estimate of drug-likeness (QED) is 0.569. The molecular weight excluding hydrogens is 407 g/mol. The summed E-state index contributed by atoms with van der Waals surface area (Å²) >= 11 is 0. The molecule has 1 atom stereocenters. The minimum Gasteiger partial charge on any atom is -0.369 e. The van der Waals surface area contributed by atoms with Crippen molar-refractivity contribution in [1.82, 2.24) is 4.90 Å². The van der Waals surface area contributed by atoms with E-state index in [1.54, 1.807) is 18.2 Å². The van der Waals surface area contributed by atoms with E-state index < -0.39 is 0 Å². The molecule has 23 heavy (non-hydrogen) atoms. The Hall–Kier alpha value is -1.90. The molecule has 6 nitrogen and oxygen atoms in total. The van der Waals surface area contributed by atoms with Crippen LogP contribution in [0.4, 0.5) is 5.69 Å². The van der Waals surface area contributed by atoms with Gasteiger partial charge in [0.25, 0.3) is 0 Å². The van der Waals surface area contributed by atoms with E-state index in [0.29, 0.717) is 28.6 Å². The predicted molar refractivity (Wildman–Crippen MR) is 102 cm³/mol. The van der Waals surface area contributed by atoms with Gasteiger partial charge in [0.15, 0.2) is 17.5 Å². The van der Waals surface area contributed by atoms with Crippen LogP contribution in [0.3, 0.4) is 0 Å². The van der Waals surface area contributed by atoms with Crippen molar-refractivity contribution >= 4 is 47.2 Å². The van der Waals surface area contributed by atoms with Gasteiger partial charge in [-0.1, -0.05) is 0 Å². The number of hydrogen-bond donors (Lipinski definition) is 2. The lowest BCUT2D eigenvalue weighted by Crippen LogP contribution is -2.42. The van der Waals surface area contributed by atoms with Crippen LogP contribution in [0, 0.1) is 0 Å². The Labute approximate surface area is 152 Å². The zero-order valence-electron chi connectivity index (χ0n) is 13.6. The average Bonchev–Trinajstić information content (AvgIpc) is 2.44. The molecule has 0 aliphatic carbocycles.